The van der Waals surface area contributed by atoms with E-state index in [1.165, 1.54) is 4.90 Å². The van der Waals surface area contributed by atoms with Crippen molar-refractivity contribution in [2.75, 3.05) is 4.90 Å². The SMILES string of the molecule is Cc1cc(N2C(=O)C(=O)/C(=C(/O)c3ccc(OC(C)C)cc3)[C@@H]2c2ccc(C(C)(C)C)cc2)no1. The highest BCUT2D eigenvalue weighted by molar-refractivity contribution is 6.51. The number of carbonyl (C=O) groups is 2. The third kappa shape index (κ3) is 4.71. The van der Waals surface area contributed by atoms with Crippen LogP contribution in [0, 0.1) is 6.92 Å². The van der Waals surface area contributed by atoms with E-state index in [2.05, 4.69) is 25.9 Å². The zero-order valence-electron chi connectivity index (χ0n) is 20.8. The number of ether oxygens (including phenoxy) is 1. The van der Waals surface area contributed by atoms with E-state index in [1.54, 1.807) is 37.3 Å². The van der Waals surface area contributed by atoms with Gasteiger partial charge in [0.05, 0.1) is 17.7 Å². The number of anilines is 1. The fourth-order valence-corrected chi connectivity index (χ4v) is 4.14. The Morgan fingerprint density at radius 1 is 1.06 bits per heavy atom. The van der Waals surface area contributed by atoms with Crippen LogP contribution >= 0.6 is 0 Å². The van der Waals surface area contributed by atoms with Gasteiger partial charge in [-0.15, -0.1) is 0 Å². The van der Waals surface area contributed by atoms with Gasteiger partial charge >= 0.3 is 5.91 Å². The van der Waals surface area contributed by atoms with Crippen molar-refractivity contribution in [3.63, 3.8) is 0 Å². The van der Waals surface area contributed by atoms with Crippen molar-refractivity contribution in [2.45, 2.75) is 59.1 Å². The summed E-state index contributed by atoms with van der Waals surface area (Å²) < 4.78 is 10.9. The fraction of sp³-hybridized carbons (Fsp3) is 0.321. The standard InChI is InChI=1S/C28H30N2O5/c1-16(2)34-21-13-9-19(10-14-21)25(31)23-24(18-7-11-20(12-8-18)28(4,5)6)30(27(33)26(23)32)22-15-17(3)35-29-22/h7-16,24,31H,1-6H3/b25-23+/t24-/m0/s1. The van der Waals surface area contributed by atoms with Gasteiger partial charge in [0.25, 0.3) is 5.78 Å². The summed E-state index contributed by atoms with van der Waals surface area (Å²) in [6, 6.07) is 15.2. The van der Waals surface area contributed by atoms with Crippen molar-refractivity contribution >= 4 is 23.3 Å². The first kappa shape index (κ1) is 24.3. The molecule has 7 heteroatoms. The molecule has 3 aromatic rings. The van der Waals surface area contributed by atoms with Crippen LogP contribution in [-0.2, 0) is 15.0 Å². The molecule has 1 fully saturated rings. The lowest BCUT2D eigenvalue weighted by Crippen LogP contribution is -2.29. The summed E-state index contributed by atoms with van der Waals surface area (Å²) in [6.45, 7) is 11.9. The minimum atomic E-state index is -0.861. The van der Waals surface area contributed by atoms with Gasteiger partial charge in [-0.05, 0) is 61.6 Å². The first-order valence-electron chi connectivity index (χ1n) is 11.6. The number of ketones is 1. The third-order valence-electron chi connectivity index (χ3n) is 5.90. The summed E-state index contributed by atoms with van der Waals surface area (Å²) in [7, 11) is 0. The predicted octanol–water partition coefficient (Wildman–Crippen LogP) is 5.69. The zero-order chi connectivity index (χ0) is 25.5. The molecule has 0 spiro atoms. The van der Waals surface area contributed by atoms with E-state index >= 15 is 0 Å². The number of aliphatic hydroxyl groups is 1. The van der Waals surface area contributed by atoms with Gasteiger partial charge in [0.2, 0.25) is 0 Å². The van der Waals surface area contributed by atoms with Gasteiger partial charge in [-0.3, -0.25) is 14.5 Å². The van der Waals surface area contributed by atoms with Crippen molar-refractivity contribution < 1.29 is 24.0 Å². The van der Waals surface area contributed by atoms with Crippen molar-refractivity contribution in [1.29, 1.82) is 0 Å². The topological polar surface area (TPSA) is 92.9 Å². The minimum Gasteiger partial charge on any atom is -0.507 e. The fourth-order valence-electron chi connectivity index (χ4n) is 4.14. The van der Waals surface area contributed by atoms with Gasteiger partial charge in [0.1, 0.15) is 17.3 Å². The van der Waals surface area contributed by atoms with Crippen LogP contribution in [0.4, 0.5) is 5.82 Å². The molecule has 1 atom stereocenters. The number of amides is 1. The third-order valence-corrected chi connectivity index (χ3v) is 5.90. The number of aryl methyl sites for hydroxylation is 1. The number of hydrogen-bond donors (Lipinski definition) is 1. The molecule has 1 amide bonds. The lowest BCUT2D eigenvalue weighted by molar-refractivity contribution is -0.132. The van der Waals surface area contributed by atoms with Gasteiger partial charge in [-0.25, -0.2) is 0 Å². The molecule has 4 rings (SSSR count). The number of aliphatic hydroxyl groups excluding tert-OH is 1. The van der Waals surface area contributed by atoms with E-state index in [4.69, 9.17) is 9.26 Å². The second-order valence-electron chi connectivity index (χ2n) is 10.0. The predicted molar refractivity (Wildman–Crippen MR) is 133 cm³/mol. The highest BCUT2D eigenvalue weighted by Gasteiger charge is 2.48. The van der Waals surface area contributed by atoms with Crippen molar-refractivity contribution in [3.8, 4) is 5.75 Å². The molecule has 182 valence electrons. The minimum absolute atomic E-state index is 0.00163. The van der Waals surface area contributed by atoms with Gasteiger partial charge < -0.3 is 14.4 Å². The van der Waals surface area contributed by atoms with Crippen LogP contribution in [0.2, 0.25) is 0 Å². The summed E-state index contributed by atoms with van der Waals surface area (Å²) in [5.74, 6) is -0.449. The van der Waals surface area contributed by atoms with E-state index in [1.807, 2.05) is 38.1 Å². The molecule has 7 nitrogen and oxygen atoms in total. The van der Waals surface area contributed by atoms with Crippen LogP contribution in [0.15, 0.2) is 64.7 Å². The molecule has 0 unspecified atom stereocenters. The number of rotatable bonds is 5. The lowest BCUT2D eigenvalue weighted by atomic mass is 9.85. The molecule has 2 heterocycles. The Bertz CT molecular complexity index is 1280. The number of aromatic nitrogens is 1. The van der Waals surface area contributed by atoms with E-state index < -0.39 is 17.7 Å². The van der Waals surface area contributed by atoms with Crippen molar-refractivity contribution in [1.82, 2.24) is 5.16 Å². The highest BCUT2D eigenvalue weighted by atomic mass is 16.5. The Labute approximate surface area is 205 Å². The Morgan fingerprint density at radius 2 is 1.69 bits per heavy atom. The Balaban J connectivity index is 1.85. The van der Waals surface area contributed by atoms with Crippen LogP contribution in [0.25, 0.3) is 5.76 Å². The molecular weight excluding hydrogens is 444 g/mol. The summed E-state index contributed by atoms with van der Waals surface area (Å²) in [4.78, 5) is 27.7. The Hall–Kier alpha value is -3.87. The quantitative estimate of drug-likeness (QED) is 0.290. The van der Waals surface area contributed by atoms with Crippen molar-refractivity contribution in [2.24, 2.45) is 0 Å². The molecule has 1 N–H and O–H groups in total. The maximum Gasteiger partial charge on any atom is 0.301 e. The molecule has 1 saturated heterocycles. The number of Topliss-reactive ketones (excluding diaryl/α,β-unsaturated/α-hetero) is 1. The molecule has 0 radical (unpaired) electrons. The first-order valence-corrected chi connectivity index (χ1v) is 11.6. The average Bonchev–Trinajstić information content (AvgIpc) is 3.33. The van der Waals surface area contributed by atoms with Crippen LogP contribution < -0.4 is 9.64 Å². The van der Waals surface area contributed by atoms with Crippen LogP contribution in [0.1, 0.15) is 63.1 Å². The summed E-state index contributed by atoms with van der Waals surface area (Å²) in [5, 5.41) is 15.2. The summed E-state index contributed by atoms with van der Waals surface area (Å²) >= 11 is 0. The monoisotopic (exact) mass is 474 g/mol. The van der Waals surface area contributed by atoms with Gasteiger partial charge in [0.15, 0.2) is 5.82 Å². The molecule has 35 heavy (non-hydrogen) atoms. The highest BCUT2D eigenvalue weighted by Crippen LogP contribution is 2.42. The zero-order valence-corrected chi connectivity index (χ0v) is 20.8. The Kier molecular flexibility index (Phi) is 6.28. The number of hydrogen-bond acceptors (Lipinski definition) is 6. The second-order valence-corrected chi connectivity index (χ2v) is 10.0. The van der Waals surface area contributed by atoms with Gasteiger partial charge in [0, 0.05) is 11.6 Å². The van der Waals surface area contributed by atoms with E-state index in [-0.39, 0.29) is 28.7 Å². The number of carbonyl (C=O) groups excluding carboxylic acids is 2. The molecule has 0 aliphatic carbocycles. The smallest absolute Gasteiger partial charge is 0.301 e. The first-order chi connectivity index (χ1) is 16.5. The molecule has 0 bridgehead atoms. The van der Waals surface area contributed by atoms with Crippen LogP contribution in [0.5, 0.6) is 5.75 Å². The molecule has 1 aliphatic heterocycles. The molecule has 1 aromatic heterocycles. The molecular formula is C28H30N2O5. The Morgan fingerprint density at radius 3 is 2.20 bits per heavy atom. The summed E-state index contributed by atoms with van der Waals surface area (Å²) in [5.41, 5.74) is 2.13. The van der Waals surface area contributed by atoms with Crippen LogP contribution in [-0.4, -0.2) is 28.1 Å². The van der Waals surface area contributed by atoms with Gasteiger partial charge in [-0.2, -0.15) is 0 Å². The number of benzene rings is 2. The largest absolute Gasteiger partial charge is 0.507 e. The van der Waals surface area contributed by atoms with E-state index in [0.29, 0.717) is 22.6 Å². The second kappa shape index (κ2) is 9.06. The van der Waals surface area contributed by atoms with Gasteiger partial charge in [-0.1, -0.05) is 50.2 Å². The molecule has 1 aliphatic rings. The van der Waals surface area contributed by atoms with E-state index in [0.717, 1.165) is 5.56 Å². The lowest BCUT2D eigenvalue weighted by Gasteiger charge is -2.24. The maximum atomic E-state index is 13.2. The average molecular weight is 475 g/mol. The van der Waals surface area contributed by atoms with E-state index in [9.17, 15) is 14.7 Å². The number of nitrogens with zero attached hydrogens (tertiary/aromatic N) is 2. The van der Waals surface area contributed by atoms with Crippen LogP contribution in [0.3, 0.4) is 0 Å². The normalized spacial score (nSPS) is 17.9. The summed E-state index contributed by atoms with van der Waals surface area (Å²) in [6.07, 6.45) is 0.00163. The molecule has 2 aromatic carbocycles. The maximum absolute atomic E-state index is 13.2. The molecule has 0 saturated carbocycles. The van der Waals surface area contributed by atoms with Crippen molar-refractivity contribution in [3.05, 3.63) is 82.6 Å².